The zero-order valence-electron chi connectivity index (χ0n) is 22.8. The minimum Gasteiger partial charge on any atom is -0.490 e. The van der Waals surface area contributed by atoms with Crippen molar-refractivity contribution in [3.05, 3.63) is 85.0 Å². The summed E-state index contributed by atoms with van der Waals surface area (Å²) in [4.78, 5) is 25.8. The number of aryl methyl sites for hydroxylation is 1. The molecule has 0 bridgehead atoms. The van der Waals surface area contributed by atoms with Gasteiger partial charge >= 0.3 is 0 Å². The normalized spacial score (nSPS) is 14.2. The van der Waals surface area contributed by atoms with Gasteiger partial charge in [0.1, 0.15) is 30.3 Å². The van der Waals surface area contributed by atoms with E-state index in [1.165, 1.54) is 18.5 Å². The van der Waals surface area contributed by atoms with E-state index in [0.29, 0.717) is 40.3 Å². The highest BCUT2D eigenvalue weighted by atomic mass is 19.1. The molecule has 1 saturated heterocycles. The Morgan fingerprint density at radius 3 is 2.70 bits per heavy atom. The Kier molecular flexibility index (Phi) is 8.33. The predicted molar refractivity (Wildman–Crippen MR) is 158 cm³/mol. The molecule has 1 aliphatic rings. The molecular weight excluding hydrogens is 507 g/mol. The van der Waals surface area contributed by atoms with Gasteiger partial charge in [0.25, 0.3) is 0 Å². The van der Waals surface area contributed by atoms with Crippen LogP contribution in [0.3, 0.4) is 0 Å². The van der Waals surface area contributed by atoms with E-state index in [1.807, 2.05) is 43.3 Å². The number of aromatic nitrogens is 2. The van der Waals surface area contributed by atoms with E-state index in [4.69, 9.17) is 4.74 Å². The number of halogens is 1. The summed E-state index contributed by atoms with van der Waals surface area (Å²) in [5.41, 5.74) is 4.03. The largest absolute Gasteiger partial charge is 0.490 e. The quantitative estimate of drug-likeness (QED) is 0.281. The molecule has 2 heterocycles. The predicted octanol–water partition coefficient (Wildman–Crippen LogP) is 5.24. The highest BCUT2D eigenvalue weighted by molar-refractivity contribution is 6.03. The lowest BCUT2D eigenvalue weighted by atomic mass is 10.0. The van der Waals surface area contributed by atoms with E-state index >= 15 is 0 Å². The Hall–Kier alpha value is -4.34. The van der Waals surface area contributed by atoms with E-state index in [1.54, 1.807) is 12.1 Å². The first-order valence-corrected chi connectivity index (χ1v) is 13.3. The number of carbonyl (C=O) groups excluding carboxylic acids is 1. The van der Waals surface area contributed by atoms with Crippen molar-refractivity contribution >= 4 is 34.0 Å². The lowest BCUT2D eigenvalue weighted by Crippen LogP contribution is -2.45. The molecule has 1 aromatic heterocycles. The highest BCUT2D eigenvalue weighted by Gasteiger charge is 2.16. The molecule has 1 fully saturated rings. The Labute approximate surface area is 233 Å². The smallest absolute Gasteiger partial charge is 0.247 e. The Bertz CT molecular complexity index is 1530. The zero-order valence-corrected chi connectivity index (χ0v) is 22.8. The second-order valence-electron chi connectivity index (χ2n) is 9.96. The van der Waals surface area contributed by atoms with Gasteiger partial charge in [-0.25, -0.2) is 14.4 Å². The van der Waals surface area contributed by atoms with E-state index in [9.17, 15) is 9.18 Å². The molecule has 4 aromatic rings. The van der Waals surface area contributed by atoms with Crippen LogP contribution in [0.1, 0.15) is 5.56 Å². The standard InChI is InChI=1S/C31H33FN6O2/c1-4-30(39)36-28-18-25-27(19-29(28)40-15-14-38-12-10-37(3)11-13-38)33-20-34-31(25)35-23-7-5-6-22(17-23)24-9-8-21(2)16-26(24)32/h4-9,16-20H,1,10-15H2,2-3H3,(H,36,39)(H,33,34,35). The number of benzene rings is 3. The summed E-state index contributed by atoms with van der Waals surface area (Å²) in [6.45, 7) is 10.8. The SMILES string of the molecule is C=CC(=O)Nc1cc2c(Nc3cccc(-c4ccc(C)cc4F)c3)ncnc2cc1OCCN1CCN(C)CC1. The van der Waals surface area contributed by atoms with Crippen molar-refractivity contribution in [2.45, 2.75) is 6.92 Å². The van der Waals surface area contributed by atoms with Gasteiger partial charge in [-0.3, -0.25) is 9.69 Å². The molecular formula is C31H33FN6O2. The number of anilines is 3. The second-order valence-corrected chi connectivity index (χ2v) is 9.96. The fourth-order valence-electron chi connectivity index (χ4n) is 4.70. The number of rotatable bonds is 9. The fraction of sp³-hybridized carbons (Fsp3) is 0.258. The van der Waals surface area contributed by atoms with Gasteiger partial charge in [0.2, 0.25) is 5.91 Å². The minimum atomic E-state index is -0.345. The summed E-state index contributed by atoms with van der Waals surface area (Å²) in [6.07, 6.45) is 2.69. The van der Waals surface area contributed by atoms with Crippen molar-refractivity contribution in [1.82, 2.24) is 19.8 Å². The molecule has 2 N–H and O–H groups in total. The second kappa shape index (κ2) is 12.2. The number of piperazine rings is 1. The van der Waals surface area contributed by atoms with Crippen molar-refractivity contribution in [2.24, 2.45) is 0 Å². The summed E-state index contributed by atoms with van der Waals surface area (Å²) in [6, 6.07) is 16.3. The molecule has 3 aromatic carbocycles. The van der Waals surface area contributed by atoms with Crippen molar-refractivity contribution in [3.8, 4) is 16.9 Å². The molecule has 0 unspecified atom stereocenters. The van der Waals surface area contributed by atoms with Crippen molar-refractivity contribution in [3.63, 3.8) is 0 Å². The first kappa shape index (κ1) is 27.2. The van der Waals surface area contributed by atoms with Gasteiger partial charge in [-0.05, 0) is 55.4 Å². The maximum absolute atomic E-state index is 14.6. The lowest BCUT2D eigenvalue weighted by molar-refractivity contribution is -0.111. The average molecular weight is 541 g/mol. The van der Waals surface area contributed by atoms with Crippen LogP contribution >= 0.6 is 0 Å². The molecule has 0 spiro atoms. The van der Waals surface area contributed by atoms with E-state index in [2.05, 4.69) is 44.0 Å². The van der Waals surface area contributed by atoms with Crippen LogP contribution in [0, 0.1) is 12.7 Å². The number of nitrogens with zero attached hydrogens (tertiary/aromatic N) is 4. The molecule has 40 heavy (non-hydrogen) atoms. The number of fused-ring (bicyclic) bond motifs is 1. The number of hydrogen-bond donors (Lipinski definition) is 2. The van der Waals surface area contributed by atoms with Crippen LogP contribution in [0.4, 0.5) is 21.6 Å². The van der Waals surface area contributed by atoms with Gasteiger partial charge in [0.15, 0.2) is 0 Å². The van der Waals surface area contributed by atoms with Crippen LogP contribution in [0.25, 0.3) is 22.0 Å². The zero-order chi connectivity index (χ0) is 28.1. The third kappa shape index (κ3) is 6.44. The van der Waals surface area contributed by atoms with Crippen LogP contribution < -0.4 is 15.4 Å². The summed E-state index contributed by atoms with van der Waals surface area (Å²) < 4.78 is 20.8. The maximum Gasteiger partial charge on any atom is 0.247 e. The molecule has 1 amide bonds. The van der Waals surface area contributed by atoms with Gasteiger partial charge in [0.05, 0.1) is 11.2 Å². The van der Waals surface area contributed by atoms with E-state index < -0.39 is 0 Å². The summed E-state index contributed by atoms with van der Waals surface area (Å²) in [7, 11) is 2.13. The Morgan fingerprint density at radius 1 is 1.10 bits per heavy atom. The number of hydrogen-bond acceptors (Lipinski definition) is 7. The molecule has 9 heteroatoms. The topological polar surface area (TPSA) is 82.6 Å². The molecule has 206 valence electrons. The first-order chi connectivity index (χ1) is 19.4. The van der Waals surface area contributed by atoms with Gasteiger partial charge in [0, 0.05) is 55.4 Å². The van der Waals surface area contributed by atoms with Crippen LogP contribution in [-0.4, -0.2) is 72.1 Å². The monoisotopic (exact) mass is 540 g/mol. The third-order valence-corrected chi connectivity index (χ3v) is 7.00. The molecule has 1 aliphatic heterocycles. The van der Waals surface area contributed by atoms with Crippen LogP contribution in [0.2, 0.25) is 0 Å². The number of likely N-dealkylation sites (N-methyl/N-ethyl adjacent to an activating group) is 1. The third-order valence-electron chi connectivity index (χ3n) is 7.00. The van der Waals surface area contributed by atoms with Crippen LogP contribution in [0.15, 0.2) is 73.6 Å². The molecule has 0 saturated carbocycles. The number of nitrogens with one attached hydrogen (secondary N) is 2. The van der Waals surface area contributed by atoms with Crippen LogP contribution in [0.5, 0.6) is 5.75 Å². The lowest BCUT2D eigenvalue weighted by Gasteiger charge is -2.32. The van der Waals surface area contributed by atoms with Gasteiger partial charge in [-0.1, -0.05) is 30.8 Å². The molecule has 0 aliphatic carbocycles. The average Bonchev–Trinajstić information content (AvgIpc) is 2.94. The van der Waals surface area contributed by atoms with E-state index in [0.717, 1.165) is 49.5 Å². The molecule has 8 nitrogen and oxygen atoms in total. The van der Waals surface area contributed by atoms with Crippen LogP contribution in [-0.2, 0) is 4.79 Å². The number of carbonyl (C=O) groups is 1. The summed E-state index contributed by atoms with van der Waals surface area (Å²) in [5.74, 6) is 0.456. The maximum atomic E-state index is 14.6. The van der Waals surface area contributed by atoms with E-state index in [-0.39, 0.29) is 11.7 Å². The first-order valence-electron chi connectivity index (χ1n) is 13.3. The van der Waals surface area contributed by atoms with Crippen molar-refractivity contribution < 1.29 is 13.9 Å². The molecule has 0 radical (unpaired) electrons. The molecule has 5 rings (SSSR count). The summed E-state index contributed by atoms with van der Waals surface area (Å²) >= 11 is 0. The summed E-state index contributed by atoms with van der Waals surface area (Å²) in [5, 5.41) is 6.88. The van der Waals surface area contributed by atoms with Crippen molar-refractivity contribution in [1.29, 1.82) is 0 Å². The fourth-order valence-corrected chi connectivity index (χ4v) is 4.70. The van der Waals surface area contributed by atoms with Crippen molar-refractivity contribution in [2.75, 3.05) is 57.0 Å². The Morgan fingerprint density at radius 2 is 1.93 bits per heavy atom. The van der Waals surface area contributed by atoms with Gasteiger partial charge in [-0.15, -0.1) is 0 Å². The van der Waals surface area contributed by atoms with Gasteiger partial charge in [-0.2, -0.15) is 0 Å². The number of ether oxygens (including phenoxy) is 1. The Balaban J connectivity index is 1.41. The highest BCUT2D eigenvalue weighted by Crippen LogP contribution is 2.34. The molecule has 0 atom stereocenters. The van der Waals surface area contributed by atoms with Gasteiger partial charge < -0.3 is 20.3 Å². The number of amides is 1. The minimum absolute atomic E-state index is 0.271.